The minimum absolute atomic E-state index is 0.339. The molecular weight excluding hydrogens is 182 g/mol. The third kappa shape index (κ3) is 2.21. The third-order valence-electron chi connectivity index (χ3n) is 1.37. The van der Waals surface area contributed by atoms with Crippen molar-refractivity contribution in [2.24, 2.45) is 5.73 Å². The fraction of sp³-hybridized carbons (Fsp3) is 0.333. The Bertz CT molecular complexity index is 249. The number of nitrogens with one attached hydrogen (secondary N) is 1. The van der Waals surface area contributed by atoms with Gasteiger partial charge in [-0.1, -0.05) is 0 Å². The average Bonchev–Trinajstić information content (AvgIpc) is 2.55. The van der Waals surface area contributed by atoms with Gasteiger partial charge in [0.25, 0.3) is 0 Å². The summed E-state index contributed by atoms with van der Waals surface area (Å²) in [7, 11) is 0. The summed E-state index contributed by atoms with van der Waals surface area (Å²) in [5.74, 6) is -0.647. The van der Waals surface area contributed by atoms with Crippen LogP contribution in [-0.4, -0.2) is 22.0 Å². The highest BCUT2D eigenvalue weighted by atomic mass is 35.5. The fourth-order valence-corrected chi connectivity index (χ4v) is 0.888. The highest BCUT2D eigenvalue weighted by Gasteiger charge is 2.15. The van der Waals surface area contributed by atoms with Gasteiger partial charge < -0.3 is 15.0 Å². The maximum Gasteiger partial charge on any atom is 0.341 e. The highest BCUT2D eigenvalue weighted by molar-refractivity contribution is 6.13. The van der Waals surface area contributed by atoms with Crippen LogP contribution in [-0.2, 0) is 15.5 Å². The zero-order valence-corrected chi connectivity index (χ0v) is 6.91. The van der Waals surface area contributed by atoms with Gasteiger partial charge in [0.15, 0.2) is 0 Å². The second-order valence-corrected chi connectivity index (χ2v) is 2.44. The van der Waals surface area contributed by atoms with Gasteiger partial charge in [0, 0.05) is 18.3 Å². The lowest BCUT2D eigenvalue weighted by Crippen LogP contribution is -2.32. The van der Waals surface area contributed by atoms with Crippen molar-refractivity contribution in [2.45, 2.75) is 12.5 Å². The van der Waals surface area contributed by atoms with Crippen molar-refractivity contribution in [3.05, 3.63) is 18.2 Å². The molecule has 0 aliphatic rings. The van der Waals surface area contributed by atoms with E-state index in [2.05, 4.69) is 14.3 Å². The molecule has 0 unspecified atom stereocenters. The summed E-state index contributed by atoms with van der Waals surface area (Å²) in [6, 6.07) is -0.747. The molecule has 0 fully saturated rings. The van der Waals surface area contributed by atoms with E-state index in [0.717, 1.165) is 5.69 Å². The molecule has 1 atom stereocenters. The molecule has 0 bridgehead atoms. The zero-order chi connectivity index (χ0) is 8.97. The van der Waals surface area contributed by atoms with E-state index < -0.39 is 12.0 Å². The summed E-state index contributed by atoms with van der Waals surface area (Å²) < 4.78 is 3.93. The number of nitrogens with zero attached hydrogens (tertiary/aromatic N) is 1. The number of nitrogens with two attached hydrogens (primary N) is 1. The fourth-order valence-electron chi connectivity index (χ4n) is 0.774. The van der Waals surface area contributed by atoms with Gasteiger partial charge in [0.2, 0.25) is 0 Å². The Kier molecular flexibility index (Phi) is 3.07. The second kappa shape index (κ2) is 4.08. The highest BCUT2D eigenvalue weighted by Crippen LogP contribution is 1.98. The summed E-state index contributed by atoms with van der Waals surface area (Å²) in [6.45, 7) is 0. The van der Waals surface area contributed by atoms with Crippen LogP contribution in [0.1, 0.15) is 5.69 Å². The van der Waals surface area contributed by atoms with Crippen LogP contribution in [0.3, 0.4) is 0 Å². The first kappa shape index (κ1) is 9.02. The van der Waals surface area contributed by atoms with Crippen LogP contribution in [0.5, 0.6) is 0 Å². The standard InChI is InChI=1S/C6H8ClN3O2/c7-12-6(11)5(8)1-4-2-9-3-10-4/h2-3,5H,1,8H2,(H,9,10)/t5-/m0/s1. The summed E-state index contributed by atoms with van der Waals surface area (Å²) in [6.07, 6.45) is 3.43. The van der Waals surface area contributed by atoms with E-state index in [-0.39, 0.29) is 0 Å². The van der Waals surface area contributed by atoms with Crippen molar-refractivity contribution in [3.63, 3.8) is 0 Å². The second-order valence-electron chi connectivity index (χ2n) is 2.28. The normalized spacial score (nSPS) is 12.5. The smallest absolute Gasteiger partial charge is 0.341 e. The van der Waals surface area contributed by atoms with E-state index in [4.69, 9.17) is 17.6 Å². The Labute approximate surface area is 74.0 Å². The molecule has 0 aliphatic carbocycles. The Morgan fingerprint density at radius 2 is 2.67 bits per heavy atom. The van der Waals surface area contributed by atoms with Crippen molar-refractivity contribution in [2.75, 3.05) is 0 Å². The number of hydrogen-bond donors (Lipinski definition) is 2. The third-order valence-corrected chi connectivity index (χ3v) is 1.53. The number of imidazole rings is 1. The van der Waals surface area contributed by atoms with Gasteiger partial charge in [-0.2, -0.15) is 0 Å². The van der Waals surface area contributed by atoms with Crippen LogP contribution < -0.4 is 5.73 Å². The summed E-state index contributed by atoms with van der Waals surface area (Å²) >= 11 is 4.83. The van der Waals surface area contributed by atoms with Gasteiger partial charge in [-0.3, -0.25) is 0 Å². The molecule has 0 spiro atoms. The topological polar surface area (TPSA) is 81.0 Å². The number of rotatable bonds is 3. The maximum absolute atomic E-state index is 10.7. The molecule has 0 aliphatic heterocycles. The lowest BCUT2D eigenvalue weighted by molar-refractivity contribution is -0.135. The summed E-state index contributed by atoms with van der Waals surface area (Å²) in [5, 5.41) is 0. The first-order valence-corrected chi connectivity index (χ1v) is 3.60. The molecule has 1 aromatic rings. The van der Waals surface area contributed by atoms with Crippen LogP contribution >= 0.6 is 11.9 Å². The molecule has 1 heterocycles. The van der Waals surface area contributed by atoms with Gasteiger partial charge >= 0.3 is 5.97 Å². The van der Waals surface area contributed by atoms with Crippen LogP contribution in [0.25, 0.3) is 0 Å². The van der Waals surface area contributed by atoms with E-state index >= 15 is 0 Å². The van der Waals surface area contributed by atoms with Crippen LogP contribution in [0, 0.1) is 0 Å². The molecular formula is C6H8ClN3O2. The zero-order valence-electron chi connectivity index (χ0n) is 6.16. The molecule has 0 radical (unpaired) electrons. The number of aromatic amines is 1. The number of hydrogen-bond acceptors (Lipinski definition) is 4. The number of carbonyl (C=O) groups excluding carboxylic acids is 1. The molecule has 0 saturated carbocycles. The molecule has 5 nitrogen and oxygen atoms in total. The van der Waals surface area contributed by atoms with Crippen LogP contribution in [0.4, 0.5) is 0 Å². The molecule has 3 N–H and O–H groups in total. The van der Waals surface area contributed by atoms with Crippen molar-refractivity contribution in [1.29, 1.82) is 0 Å². The summed E-state index contributed by atoms with van der Waals surface area (Å²) in [4.78, 5) is 17.3. The van der Waals surface area contributed by atoms with E-state index in [0.29, 0.717) is 6.42 Å². The molecule has 1 aromatic heterocycles. The van der Waals surface area contributed by atoms with Gasteiger partial charge in [0.1, 0.15) is 17.9 Å². The predicted molar refractivity (Wildman–Crippen MR) is 42.2 cm³/mol. The minimum atomic E-state index is -0.747. The van der Waals surface area contributed by atoms with E-state index in [9.17, 15) is 4.79 Å². The van der Waals surface area contributed by atoms with Crippen molar-refractivity contribution >= 4 is 17.8 Å². The molecule has 66 valence electrons. The molecule has 0 aromatic carbocycles. The van der Waals surface area contributed by atoms with E-state index in [1.807, 2.05) is 0 Å². The quantitative estimate of drug-likeness (QED) is 0.700. The van der Waals surface area contributed by atoms with Gasteiger partial charge in [-0.05, 0) is 0 Å². The SMILES string of the molecule is N[C@@H](Cc1cnc[nH]1)C(=O)OCl. The first-order chi connectivity index (χ1) is 5.74. The lowest BCUT2D eigenvalue weighted by atomic mass is 10.2. The Morgan fingerprint density at radius 3 is 3.17 bits per heavy atom. The van der Waals surface area contributed by atoms with Crippen LogP contribution in [0.15, 0.2) is 12.5 Å². The van der Waals surface area contributed by atoms with E-state index in [1.54, 1.807) is 6.20 Å². The molecule has 12 heavy (non-hydrogen) atoms. The Balaban J connectivity index is 2.47. The minimum Gasteiger partial charge on any atom is -0.348 e. The van der Waals surface area contributed by atoms with Gasteiger partial charge in [-0.25, -0.2) is 9.78 Å². The number of carbonyl (C=O) groups is 1. The molecule has 6 heteroatoms. The van der Waals surface area contributed by atoms with Gasteiger partial charge in [0.05, 0.1) is 6.33 Å². The number of halogens is 1. The average molecular weight is 190 g/mol. The first-order valence-electron chi connectivity index (χ1n) is 3.29. The number of aromatic nitrogens is 2. The maximum atomic E-state index is 10.7. The molecule has 0 amide bonds. The molecule has 1 rings (SSSR count). The number of H-pyrrole nitrogens is 1. The Hall–Kier alpha value is -1.07. The van der Waals surface area contributed by atoms with Crippen molar-refractivity contribution in [1.82, 2.24) is 9.97 Å². The van der Waals surface area contributed by atoms with E-state index in [1.165, 1.54) is 6.33 Å². The van der Waals surface area contributed by atoms with Gasteiger partial charge in [-0.15, -0.1) is 0 Å². The molecule has 0 saturated heterocycles. The lowest BCUT2D eigenvalue weighted by Gasteiger charge is -2.04. The van der Waals surface area contributed by atoms with Crippen molar-refractivity contribution < 1.29 is 9.08 Å². The Morgan fingerprint density at radius 1 is 1.92 bits per heavy atom. The van der Waals surface area contributed by atoms with Crippen LogP contribution in [0.2, 0.25) is 0 Å². The summed E-state index contributed by atoms with van der Waals surface area (Å²) in [5.41, 5.74) is 6.18. The monoisotopic (exact) mass is 189 g/mol. The predicted octanol–water partition coefficient (Wildman–Crippen LogP) is -0.0235. The van der Waals surface area contributed by atoms with Crippen molar-refractivity contribution in [3.8, 4) is 0 Å². The largest absolute Gasteiger partial charge is 0.348 e.